The van der Waals surface area contributed by atoms with Crippen LogP contribution in [-0.2, 0) is 4.79 Å². The highest BCUT2D eigenvalue weighted by Gasteiger charge is 2.18. The van der Waals surface area contributed by atoms with Gasteiger partial charge in [-0.15, -0.1) is 0 Å². The van der Waals surface area contributed by atoms with Crippen molar-refractivity contribution < 1.29 is 19.4 Å². The molecular weight excluding hydrogens is 338 g/mol. The highest BCUT2D eigenvalue weighted by Crippen LogP contribution is 2.24. The lowest BCUT2D eigenvalue weighted by atomic mass is 10.1. The van der Waals surface area contributed by atoms with Gasteiger partial charge in [-0.1, -0.05) is 29.8 Å². The highest BCUT2D eigenvalue weighted by molar-refractivity contribution is 9.10. The van der Waals surface area contributed by atoms with Gasteiger partial charge in [0.15, 0.2) is 6.10 Å². The molecule has 0 bridgehead atoms. The molecule has 2 N–H and O–H groups in total. The fourth-order valence-electron chi connectivity index (χ4n) is 1.64. The molecule has 0 radical (unpaired) electrons. The third-order valence-electron chi connectivity index (χ3n) is 2.87. The molecule has 0 saturated heterocycles. The molecule has 0 saturated carbocycles. The minimum absolute atomic E-state index is 0.0278. The topological polar surface area (TPSA) is 75.6 Å². The van der Waals surface area contributed by atoms with Crippen molar-refractivity contribution in [2.24, 2.45) is 5.92 Å². The number of carboxylic acid groups (broad SMARTS) is 1. The lowest BCUT2D eigenvalue weighted by Crippen LogP contribution is -2.37. The highest BCUT2D eigenvalue weighted by atomic mass is 79.9. The minimum atomic E-state index is -1.09. The number of carboxylic acids is 1. The molecule has 1 atom stereocenters. The van der Waals surface area contributed by atoms with Gasteiger partial charge in [-0.25, -0.2) is 4.79 Å². The number of nitrogens with one attached hydrogen (secondary N) is 1. The van der Waals surface area contributed by atoms with E-state index in [0.717, 1.165) is 6.42 Å². The average molecular weight is 358 g/mol. The van der Waals surface area contributed by atoms with Gasteiger partial charge >= 0.3 is 5.97 Å². The van der Waals surface area contributed by atoms with E-state index in [1.165, 1.54) is 6.07 Å². The van der Waals surface area contributed by atoms with Crippen LogP contribution in [0.4, 0.5) is 0 Å². The first-order chi connectivity index (χ1) is 9.81. The second-order valence-corrected chi connectivity index (χ2v) is 6.09. The lowest BCUT2D eigenvalue weighted by molar-refractivity contribution is -0.127. The van der Waals surface area contributed by atoms with Gasteiger partial charge < -0.3 is 15.2 Å². The molecule has 0 aliphatic heterocycles. The monoisotopic (exact) mass is 357 g/mol. The summed E-state index contributed by atoms with van der Waals surface area (Å²) in [5.41, 5.74) is 0.0278. The van der Waals surface area contributed by atoms with E-state index in [1.54, 1.807) is 19.1 Å². The summed E-state index contributed by atoms with van der Waals surface area (Å²) in [6.07, 6.45) is 0.125. The van der Waals surface area contributed by atoms with Crippen LogP contribution in [0.15, 0.2) is 22.7 Å². The first-order valence-electron chi connectivity index (χ1n) is 6.78. The minimum Gasteiger partial charge on any atom is -0.480 e. The van der Waals surface area contributed by atoms with Gasteiger partial charge in [0, 0.05) is 11.0 Å². The number of rotatable bonds is 7. The second-order valence-electron chi connectivity index (χ2n) is 5.18. The summed E-state index contributed by atoms with van der Waals surface area (Å²) in [6.45, 7) is 6.32. The Balaban J connectivity index is 2.69. The Morgan fingerprint density at radius 1 is 1.33 bits per heavy atom. The molecule has 0 fully saturated rings. The fourth-order valence-corrected chi connectivity index (χ4v) is 1.98. The Kier molecular flexibility index (Phi) is 6.68. The van der Waals surface area contributed by atoms with Crippen LogP contribution in [0, 0.1) is 5.92 Å². The fraction of sp³-hybridized carbons (Fsp3) is 0.467. The summed E-state index contributed by atoms with van der Waals surface area (Å²) in [6, 6.07) is 4.59. The predicted molar refractivity (Wildman–Crippen MR) is 83.7 cm³/mol. The van der Waals surface area contributed by atoms with Crippen molar-refractivity contribution in [3.8, 4) is 5.75 Å². The predicted octanol–water partition coefficient (Wildman–Crippen LogP) is 3.08. The summed E-state index contributed by atoms with van der Waals surface area (Å²) >= 11 is 3.26. The molecule has 5 nitrogen and oxygen atoms in total. The number of carbonyl (C=O) groups is 2. The zero-order chi connectivity index (χ0) is 16.0. The van der Waals surface area contributed by atoms with E-state index >= 15 is 0 Å². The van der Waals surface area contributed by atoms with E-state index in [4.69, 9.17) is 9.84 Å². The molecular formula is C15H20BrNO4. The summed E-state index contributed by atoms with van der Waals surface area (Å²) in [7, 11) is 0. The molecule has 1 aromatic rings. The molecule has 116 valence electrons. The summed E-state index contributed by atoms with van der Waals surface area (Å²) in [5.74, 6) is -0.675. The molecule has 0 spiro atoms. The molecule has 0 heterocycles. The van der Waals surface area contributed by atoms with Crippen LogP contribution >= 0.6 is 15.9 Å². The first kappa shape index (κ1) is 17.5. The van der Waals surface area contributed by atoms with Crippen molar-refractivity contribution in [1.29, 1.82) is 0 Å². The maximum Gasteiger partial charge on any atom is 0.339 e. The van der Waals surface area contributed by atoms with Crippen LogP contribution in [0.1, 0.15) is 37.6 Å². The van der Waals surface area contributed by atoms with E-state index < -0.39 is 12.1 Å². The number of carbonyl (C=O) groups excluding carboxylic acids is 1. The smallest absolute Gasteiger partial charge is 0.339 e. The van der Waals surface area contributed by atoms with Gasteiger partial charge in [0.25, 0.3) is 5.91 Å². The Morgan fingerprint density at radius 3 is 2.57 bits per heavy atom. The summed E-state index contributed by atoms with van der Waals surface area (Å²) in [5, 5.41) is 11.9. The molecule has 1 aromatic carbocycles. The zero-order valence-corrected chi connectivity index (χ0v) is 13.9. The molecule has 21 heavy (non-hydrogen) atoms. The van der Waals surface area contributed by atoms with Crippen LogP contribution < -0.4 is 10.1 Å². The molecule has 1 amide bonds. The quantitative estimate of drug-likeness (QED) is 0.786. The Morgan fingerprint density at radius 2 is 2.00 bits per heavy atom. The molecule has 1 rings (SSSR count). The van der Waals surface area contributed by atoms with Crippen molar-refractivity contribution in [1.82, 2.24) is 5.32 Å². The van der Waals surface area contributed by atoms with E-state index in [1.807, 2.05) is 0 Å². The van der Waals surface area contributed by atoms with E-state index in [9.17, 15) is 9.59 Å². The van der Waals surface area contributed by atoms with Gasteiger partial charge in [-0.05, 0) is 37.5 Å². The van der Waals surface area contributed by atoms with Gasteiger partial charge in [0.05, 0.1) is 0 Å². The van der Waals surface area contributed by atoms with E-state index in [2.05, 4.69) is 35.1 Å². The van der Waals surface area contributed by atoms with Crippen LogP contribution in [0.25, 0.3) is 0 Å². The number of hydrogen-bond donors (Lipinski definition) is 2. The number of hydrogen-bond acceptors (Lipinski definition) is 3. The standard InChI is InChI=1S/C15H20BrNO4/c1-9(2)6-7-17-14(18)10(3)21-13-8-11(16)4-5-12(13)15(19)20/h4-5,8-10H,6-7H2,1-3H3,(H,17,18)(H,19,20). The van der Waals surface area contributed by atoms with Crippen molar-refractivity contribution in [3.05, 3.63) is 28.2 Å². The van der Waals surface area contributed by atoms with Gasteiger partial charge in [0.1, 0.15) is 11.3 Å². The second kappa shape index (κ2) is 8.02. The van der Waals surface area contributed by atoms with Crippen LogP contribution in [-0.4, -0.2) is 29.6 Å². The van der Waals surface area contributed by atoms with E-state index in [0.29, 0.717) is 16.9 Å². The van der Waals surface area contributed by atoms with Crippen molar-refractivity contribution in [2.75, 3.05) is 6.54 Å². The third kappa shape index (κ3) is 5.75. The van der Waals surface area contributed by atoms with Gasteiger partial charge in [-0.2, -0.15) is 0 Å². The van der Waals surface area contributed by atoms with Gasteiger partial charge in [0.2, 0.25) is 0 Å². The lowest BCUT2D eigenvalue weighted by Gasteiger charge is -2.16. The first-order valence-corrected chi connectivity index (χ1v) is 7.57. The molecule has 0 aliphatic rings. The maximum absolute atomic E-state index is 11.9. The molecule has 0 aliphatic carbocycles. The van der Waals surface area contributed by atoms with Gasteiger partial charge in [-0.3, -0.25) is 4.79 Å². The number of ether oxygens (including phenoxy) is 1. The molecule has 0 aromatic heterocycles. The molecule has 1 unspecified atom stereocenters. The maximum atomic E-state index is 11.9. The van der Waals surface area contributed by atoms with Crippen LogP contribution in [0.5, 0.6) is 5.75 Å². The largest absolute Gasteiger partial charge is 0.480 e. The number of halogens is 1. The Labute approximate surface area is 132 Å². The Bertz CT molecular complexity index is 516. The summed E-state index contributed by atoms with van der Waals surface area (Å²) in [4.78, 5) is 23.0. The third-order valence-corrected chi connectivity index (χ3v) is 3.36. The van der Waals surface area contributed by atoms with Crippen molar-refractivity contribution >= 4 is 27.8 Å². The average Bonchev–Trinajstić information content (AvgIpc) is 2.37. The van der Waals surface area contributed by atoms with Crippen LogP contribution in [0.3, 0.4) is 0 Å². The van der Waals surface area contributed by atoms with E-state index in [-0.39, 0.29) is 17.2 Å². The van der Waals surface area contributed by atoms with Crippen molar-refractivity contribution in [3.63, 3.8) is 0 Å². The molecule has 6 heteroatoms. The Hall–Kier alpha value is -1.56. The number of amides is 1. The zero-order valence-electron chi connectivity index (χ0n) is 12.4. The van der Waals surface area contributed by atoms with Crippen molar-refractivity contribution in [2.45, 2.75) is 33.3 Å². The van der Waals surface area contributed by atoms with Crippen LogP contribution in [0.2, 0.25) is 0 Å². The summed E-state index contributed by atoms with van der Waals surface area (Å²) < 4.78 is 6.17. The SMILES string of the molecule is CC(C)CCNC(=O)C(C)Oc1cc(Br)ccc1C(=O)O. The normalized spacial score (nSPS) is 12.0. The number of benzene rings is 1. The number of aromatic carboxylic acids is 1.